The third-order valence-electron chi connectivity index (χ3n) is 2.29. The van der Waals surface area contributed by atoms with E-state index >= 15 is 0 Å². The molecule has 3 N–H and O–H groups in total. The number of nitrogens with one attached hydrogen (secondary N) is 3. The minimum Gasteiger partial charge on any atom is -0.317 e. The van der Waals surface area contributed by atoms with Gasteiger partial charge in [-0.25, -0.2) is 0 Å². The average molecular weight is 235 g/mol. The molecule has 1 rings (SSSR count). The highest BCUT2D eigenvalue weighted by Gasteiger charge is 2.19. The first-order valence-corrected chi connectivity index (χ1v) is 6.98. The zero-order valence-corrected chi connectivity index (χ0v) is 10.2. The van der Waals surface area contributed by atoms with Crippen LogP contribution in [-0.2, 0) is 10.2 Å². The Balaban J connectivity index is 2.44. The Bertz CT molecular complexity index is 269. The van der Waals surface area contributed by atoms with Crippen molar-refractivity contribution in [3.8, 4) is 0 Å². The van der Waals surface area contributed by atoms with Crippen molar-refractivity contribution >= 4 is 10.2 Å². The Kier molecular flexibility index (Phi) is 4.98. The zero-order chi connectivity index (χ0) is 11.3. The molecule has 1 aliphatic heterocycles. The summed E-state index contributed by atoms with van der Waals surface area (Å²) in [5.41, 5.74) is 0. The third-order valence-corrected chi connectivity index (χ3v) is 3.71. The Hall–Kier alpha value is -0.170. The van der Waals surface area contributed by atoms with Gasteiger partial charge in [0.1, 0.15) is 0 Å². The van der Waals surface area contributed by atoms with Gasteiger partial charge in [-0.1, -0.05) is 0 Å². The molecular weight excluding hydrogens is 214 g/mol. The van der Waals surface area contributed by atoms with Crippen molar-refractivity contribution in [3.63, 3.8) is 0 Å². The molecule has 0 spiro atoms. The molecule has 0 aromatic rings. The normalized spacial score (nSPS) is 24.1. The van der Waals surface area contributed by atoms with Crippen LogP contribution >= 0.6 is 0 Å². The van der Waals surface area contributed by atoms with E-state index < -0.39 is 10.2 Å². The second kappa shape index (κ2) is 5.79. The minimum atomic E-state index is -3.32. The summed E-state index contributed by atoms with van der Waals surface area (Å²) in [6.07, 6.45) is 2.79. The monoisotopic (exact) mass is 235 g/mol. The quantitative estimate of drug-likeness (QED) is 0.640. The van der Waals surface area contributed by atoms with E-state index in [9.17, 15) is 8.42 Å². The zero-order valence-electron chi connectivity index (χ0n) is 9.41. The van der Waals surface area contributed by atoms with E-state index in [1.807, 2.05) is 13.8 Å². The molecule has 0 aromatic carbocycles. The molecule has 1 unspecified atom stereocenters. The lowest BCUT2D eigenvalue weighted by molar-refractivity contribution is 0.503. The van der Waals surface area contributed by atoms with E-state index in [0.29, 0.717) is 0 Å². The maximum absolute atomic E-state index is 11.6. The highest BCUT2D eigenvalue weighted by Crippen LogP contribution is 2.05. The molecule has 0 bridgehead atoms. The summed E-state index contributed by atoms with van der Waals surface area (Å²) in [4.78, 5) is 0. The molecule has 1 aliphatic rings. The maximum atomic E-state index is 11.6. The van der Waals surface area contributed by atoms with Gasteiger partial charge >= 0.3 is 0 Å². The van der Waals surface area contributed by atoms with Crippen molar-refractivity contribution in [1.82, 2.24) is 14.8 Å². The first-order valence-electron chi connectivity index (χ1n) is 5.50. The molecule has 1 atom stereocenters. The summed E-state index contributed by atoms with van der Waals surface area (Å²) in [7, 11) is -3.32. The van der Waals surface area contributed by atoms with Crippen LogP contribution in [0.4, 0.5) is 0 Å². The lowest BCUT2D eigenvalue weighted by Gasteiger charge is -2.17. The van der Waals surface area contributed by atoms with Crippen molar-refractivity contribution < 1.29 is 8.42 Å². The van der Waals surface area contributed by atoms with Gasteiger partial charge in [0, 0.05) is 12.1 Å². The molecule has 6 heteroatoms. The fourth-order valence-corrected chi connectivity index (χ4v) is 3.06. The van der Waals surface area contributed by atoms with E-state index in [4.69, 9.17) is 0 Å². The van der Waals surface area contributed by atoms with Gasteiger partial charge in [0.25, 0.3) is 10.2 Å². The summed E-state index contributed by atoms with van der Waals surface area (Å²) < 4.78 is 28.4. The minimum absolute atomic E-state index is 0.0635. The van der Waals surface area contributed by atoms with Crippen LogP contribution in [0.3, 0.4) is 0 Å². The second-order valence-electron chi connectivity index (χ2n) is 4.27. The van der Waals surface area contributed by atoms with Gasteiger partial charge < -0.3 is 5.32 Å². The number of hydrogen-bond donors (Lipinski definition) is 3. The standard InChI is InChI=1S/C9H21N3O2S/c1-8(2)11-15(13,14)12-9-4-3-6-10-7-5-9/h8-12H,3-7H2,1-2H3. The largest absolute Gasteiger partial charge is 0.317 e. The molecule has 5 nitrogen and oxygen atoms in total. The van der Waals surface area contributed by atoms with Crippen LogP contribution in [0.2, 0.25) is 0 Å². The Morgan fingerprint density at radius 2 is 2.00 bits per heavy atom. The topological polar surface area (TPSA) is 70.2 Å². The summed E-state index contributed by atoms with van der Waals surface area (Å²) in [5.74, 6) is 0. The first kappa shape index (κ1) is 12.9. The van der Waals surface area contributed by atoms with Gasteiger partial charge in [-0.3, -0.25) is 0 Å². The Labute approximate surface area is 92.2 Å². The van der Waals surface area contributed by atoms with Crippen molar-refractivity contribution in [1.29, 1.82) is 0 Å². The van der Waals surface area contributed by atoms with Crippen LogP contribution in [0.1, 0.15) is 33.1 Å². The summed E-state index contributed by atoms with van der Waals surface area (Å²) in [6.45, 7) is 5.49. The van der Waals surface area contributed by atoms with Crippen LogP contribution in [0.25, 0.3) is 0 Å². The van der Waals surface area contributed by atoms with Gasteiger partial charge in [-0.15, -0.1) is 0 Å². The van der Waals surface area contributed by atoms with E-state index in [0.717, 1.165) is 32.4 Å². The van der Waals surface area contributed by atoms with E-state index in [2.05, 4.69) is 14.8 Å². The molecule has 0 saturated carbocycles. The molecule has 0 amide bonds. The molecule has 15 heavy (non-hydrogen) atoms. The molecular formula is C9H21N3O2S. The fraction of sp³-hybridized carbons (Fsp3) is 1.00. The molecule has 1 saturated heterocycles. The van der Waals surface area contributed by atoms with Gasteiger partial charge in [-0.05, 0) is 46.2 Å². The molecule has 1 heterocycles. The highest BCUT2D eigenvalue weighted by molar-refractivity contribution is 7.87. The van der Waals surface area contributed by atoms with E-state index in [1.165, 1.54) is 0 Å². The van der Waals surface area contributed by atoms with Gasteiger partial charge in [0.2, 0.25) is 0 Å². The van der Waals surface area contributed by atoms with Crippen molar-refractivity contribution in [2.45, 2.75) is 45.2 Å². The fourth-order valence-electron chi connectivity index (χ4n) is 1.70. The SMILES string of the molecule is CC(C)NS(=O)(=O)NC1CCCNCC1. The molecule has 1 fully saturated rings. The molecule has 0 radical (unpaired) electrons. The van der Waals surface area contributed by atoms with Crippen LogP contribution in [0.5, 0.6) is 0 Å². The van der Waals surface area contributed by atoms with Crippen LogP contribution < -0.4 is 14.8 Å². The van der Waals surface area contributed by atoms with Crippen molar-refractivity contribution in [2.75, 3.05) is 13.1 Å². The Morgan fingerprint density at radius 3 is 2.67 bits per heavy atom. The molecule has 0 aliphatic carbocycles. The van der Waals surface area contributed by atoms with Gasteiger partial charge in [0.05, 0.1) is 0 Å². The lowest BCUT2D eigenvalue weighted by Crippen LogP contribution is -2.45. The Morgan fingerprint density at radius 1 is 1.27 bits per heavy atom. The van der Waals surface area contributed by atoms with Crippen LogP contribution in [0, 0.1) is 0 Å². The van der Waals surface area contributed by atoms with Crippen molar-refractivity contribution in [3.05, 3.63) is 0 Å². The van der Waals surface area contributed by atoms with Crippen LogP contribution in [0.15, 0.2) is 0 Å². The predicted octanol–water partition coefficient (Wildman–Crippen LogP) is -0.0391. The summed E-state index contributed by atoms with van der Waals surface area (Å²) in [5, 5.41) is 3.25. The molecule has 90 valence electrons. The van der Waals surface area contributed by atoms with E-state index in [-0.39, 0.29) is 12.1 Å². The highest BCUT2D eigenvalue weighted by atomic mass is 32.2. The second-order valence-corrected chi connectivity index (χ2v) is 5.75. The third kappa shape index (κ3) is 5.46. The van der Waals surface area contributed by atoms with E-state index in [1.54, 1.807) is 0 Å². The lowest BCUT2D eigenvalue weighted by atomic mass is 10.1. The van der Waals surface area contributed by atoms with Gasteiger partial charge in [0.15, 0.2) is 0 Å². The number of hydrogen-bond acceptors (Lipinski definition) is 3. The van der Waals surface area contributed by atoms with Crippen molar-refractivity contribution in [2.24, 2.45) is 0 Å². The summed E-state index contributed by atoms with van der Waals surface area (Å²) >= 11 is 0. The summed E-state index contributed by atoms with van der Waals surface area (Å²) in [6, 6.07) is 0.00246. The van der Waals surface area contributed by atoms with Gasteiger partial charge in [-0.2, -0.15) is 17.9 Å². The molecule has 0 aromatic heterocycles. The predicted molar refractivity (Wildman–Crippen MR) is 60.8 cm³/mol. The number of rotatable bonds is 4. The smallest absolute Gasteiger partial charge is 0.277 e. The average Bonchev–Trinajstić information content (AvgIpc) is 2.29. The first-order chi connectivity index (χ1) is 6.99. The van der Waals surface area contributed by atoms with Crippen LogP contribution in [-0.4, -0.2) is 33.6 Å². The maximum Gasteiger partial charge on any atom is 0.277 e.